The summed E-state index contributed by atoms with van der Waals surface area (Å²) in [6.45, 7) is 0.199. The van der Waals surface area contributed by atoms with E-state index in [1.807, 2.05) is 0 Å². The Kier molecular flexibility index (Phi) is 6.90. The number of methoxy groups -OCH3 is 1. The first-order valence-electron chi connectivity index (χ1n) is 9.92. The van der Waals surface area contributed by atoms with Crippen LogP contribution in [0.2, 0.25) is 5.02 Å². The smallest absolute Gasteiger partial charge is 0.293 e. The van der Waals surface area contributed by atoms with Crippen molar-refractivity contribution in [2.45, 2.75) is 0 Å². The summed E-state index contributed by atoms with van der Waals surface area (Å²) in [5, 5.41) is 11.6. The molecule has 0 saturated carbocycles. The first-order valence-corrected chi connectivity index (χ1v) is 11.1. The minimum Gasteiger partial charge on any atom is -0.497 e. The van der Waals surface area contributed by atoms with Crippen LogP contribution >= 0.6 is 23.4 Å². The highest BCUT2D eigenvalue weighted by molar-refractivity contribution is 8.18. The summed E-state index contributed by atoms with van der Waals surface area (Å²) < 4.78 is 16.3. The molecule has 1 fully saturated rings. The Morgan fingerprint density at radius 3 is 2.56 bits per heavy atom. The van der Waals surface area contributed by atoms with E-state index in [0.717, 1.165) is 16.7 Å². The predicted molar refractivity (Wildman–Crippen MR) is 127 cm³/mol. The SMILES string of the molecule is COc1ccc(-c2ccc(/C=C3\SC(=O)N(CCOc4ccc(Cl)cc4)C3=O)o2)c([N+](=O)[O-])c1. The van der Waals surface area contributed by atoms with E-state index in [9.17, 15) is 19.7 Å². The van der Waals surface area contributed by atoms with Crippen molar-refractivity contribution in [2.24, 2.45) is 0 Å². The zero-order valence-corrected chi connectivity index (χ0v) is 19.3. The largest absolute Gasteiger partial charge is 0.497 e. The first kappa shape index (κ1) is 23.4. The highest BCUT2D eigenvalue weighted by atomic mass is 35.5. The number of thioether (sulfide) groups is 1. The Balaban J connectivity index is 1.46. The second-order valence-corrected chi connectivity index (χ2v) is 8.41. The number of imide groups is 1. The summed E-state index contributed by atoms with van der Waals surface area (Å²) >= 11 is 6.62. The van der Waals surface area contributed by atoms with E-state index in [2.05, 4.69) is 0 Å². The van der Waals surface area contributed by atoms with Gasteiger partial charge in [-0.25, -0.2) is 0 Å². The lowest BCUT2D eigenvalue weighted by atomic mass is 10.1. The highest BCUT2D eigenvalue weighted by Crippen LogP contribution is 2.36. The number of rotatable bonds is 8. The molecule has 34 heavy (non-hydrogen) atoms. The molecule has 1 saturated heterocycles. The predicted octanol–water partition coefficient (Wildman–Crippen LogP) is 5.63. The zero-order chi connectivity index (χ0) is 24.2. The van der Waals surface area contributed by atoms with Crippen molar-refractivity contribution in [3.63, 3.8) is 0 Å². The average Bonchev–Trinajstić information content (AvgIpc) is 3.39. The molecule has 1 aliphatic rings. The van der Waals surface area contributed by atoms with Crippen LogP contribution in [0.25, 0.3) is 17.4 Å². The van der Waals surface area contributed by atoms with Gasteiger partial charge in [0.1, 0.15) is 29.6 Å². The monoisotopic (exact) mass is 500 g/mol. The maximum atomic E-state index is 12.7. The van der Waals surface area contributed by atoms with Crippen LogP contribution in [0.3, 0.4) is 0 Å². The van der Waals surface area contributed by atoms with Gasteiger partial charge in [0.15, 0.2) is 0 Å². The Morgan fingerprint density at radius 1 is 1.12 bits per heavy atom. The Hall–Kier alpha value is -3.76. The van der Waals surface area contributed by atoms with Crippen molar-refractivity contribution in [3.8, 4) is 22.8 Å². The lowest BCUT2D eigenvalue weighted by Crippen LogP contribution is -2.32. The van der Waals surface area contributed by atoms with Gasteiger partial charge in [-0.05, 0) is 60.3 Å². The van der Waals surface area contributed by atoms with E-state index in [1.165, 1.54) is 25.3 Å². The van der Waals surface area contributed by atoms with Gasteiger partial charge in [-0.15, -0.1) is 0 Å². The van der Waals surface area contributed by atoms with Crippen molar-refractivity contribution in [1.29, 1.82) is 0 Å². The number of hydrogen-bond acceptors (Lipinski definition) is 8. The second kappa shape index (κ2) is 10.0. The van der Waals surface area contributed by atoms with Crippen molar-refractivity contribution in [1.82, 2.24) is 4.90 Å². The third-order valence-electron chi connectivity index (χ3n) is 4.84. The summed E-state index contributed by atoms with van der Waals surface area (Å²) in [6.07, 6.45) is 1.43. The lowest BCUT2D eigenvalue weighted by Gasteiger charge is -2.13. The molecule has 0 atom stereocenters. The summed E-state index contributed by atoms with van der Waals surface area (Å²) in [4.78, 5) is 37.2. The number of amides is 2. The van der Waals surface area contributed by atoms with E-state index in [4.69, 9.17) is 25.5 Å². The number of hydrogen-bond donors (Lipinski definition) is 0. The van der Waals surface area contributed by atoms with Crippen molar-refractivity contribution < 1.29 is 28.4 Å². The molecule has 174 valence electrons. The van der Waals surface area contributed by atoms with E-state index in [1.54, 1.807) is 42.5 Å². The van der Waals surface area contributed by atoms with E-state index in [0.29, 0.717) is 16.5 Å². The number of ether oxygens (including phenoxy) is 2. The van der Waals surface area contributed by atoms with Gasteiger partial charge in [0.05, 0.1) is 35.1 Å². The fourth-order valence-electron chi connectivity index (χ4n) is 3.18. The van der Waals surface area contributed by atoms with Crippen molar-refractivity contribution in [3.05, 3.63) is 80.4 Å². The molecule has 4 rings (SSSR count). The molecule has 0 unspecified atom stereocenters. The van der Waals surface area contributed by atoms with Crippen LogP contribution in [0.5, 0.6) is 11.5 Å². The molecule has 0 spiro atoms. The summed E-state index contributed by atoms with van der Waals surface area (Å²) in [5.74, 6) is 0.973. The van der Waals surface area contributed by atoms with Gasteiger partial charge in [0.25, 0.3) is 16.8 Å². The fourth-order valence-corrected chi connectivity index (χ4v) is 4.15. The van der Waals surface area contributed by atoms with Crippen LogP contribution in [0.15, 0.2) is 63.9 Å². The Labute approximate surface area is 203 Å². The topological polar surface area (TPSA) is 112 Å². The van der Waals surface area contributed by atoms with Crippen LogP contribution < -0.4 is 9.47 Å². The van der Waals surface area contributed by atoms with Crippen LogP contribution in [0.4, 0.5) is 10.5 Å². The summed E-state index contributed by atoms with van der Waals surface area (Å²) in [5.41, 5.74) is 0.0826. The molecule has 11 heteroatoms. The van der Waals surface area contributed by atoms with Gasteiger partial charge in [-0.3, -0.25) is 24.6 Å². The molecular formula is C23H17ClN2O7S. The maximum Gasteiger partial charge on any atom is 0.293 e. The van der Waals surface area contributed by atoms with Gasteiger partial charge >= 0.3 is 0 Å². The molecule has 1 aromatic heterocycles. The molecule has 0 radical (unpaired) electrons. The molecular weight excluding hydrogens is 484 g/mol. The number of halogens is 1. The number of nitro benzene ring substituents is 1. The number of carbonyl (C=O) groups excluding carboxylic acids is 2. The Bertz CT molecular complexity index is 1290. The zero-order valence-electron chi connectivity index (χ0n) is 17.7. The highest BCUT2D eigenvalue weighted by Gasteiger charge is 2.35. The van der Waals surface area contributed by atoms with E-state index >= 15 is 0 Å². The quantitative estimate of drug-likeness (QED) is 0.222. The van der Waals surface area contributed by atoms with Crippen LogP contribution in [0.1, 0.15) is 5.76 Å². The molecule has 1 aliphatic heterocycles. The van der Waals surface area contributed by atoms with Crippen molar-refractivity contribution in [2.75, 3.05) is 20.3 Å². The number of furan rings is 1. The minimum atomic E-state index is -0.530. The van der Waals surface area contributed by atoms with Gasteiger partial charge < -0.3 is 13.9 Å². The van der Waals surface area contributed by atoms with Gasteiger partial charge in [-0.2, -0.15) is 0 Å². The number of nitro groups is 1. The van der Waals surface area contributed by atoms with Crippen molar-refractivity contribution >= 4 is 46.3 Å². The molecule has 9 nitrogen and oxygen atoms in total. The van der Waals surface area contributed by atoms with Gasteiger partial charge in [0.2, 0.25) is 0 Å². The molecule has 3 aromatic rings. The summed E-state index contributed by atoms with van der Waals surface area (Å²) in [7, 11) is 1.42. The second-order valence-electron chi connectivity index (χ2n) is 6.98. The Morgan fingerprint density at radius 2 is 1.85 bits per heavy atom. The fraction of sp³-hybridized carbons (Fsp3) is 0.130. The van der Waals surface area contributed by atoms with Crippen LogP contribution in [0, 0.1) is 10.1 Å². The molecule has 0 bridgehead atoms. The molecule has 2 aromatic carbocycles. The third-order valence-corrected chi connectivity index (χ3v) is 6.00. The summed E-state index contributed by atoms with van der Waals surface area (Å²) in [6, 6.07) is 14.3. The van der Waals surface area contributed by atoms with E-state index < -0.39 is 16.1 Å². The number of nitrogens with zero attached hydrogens (tertiary/aromatic N) is 2. The number of carbonyl (C=O) groups is 2. The van der Waals surface area contributed by atoms with Gasteiger partial charge in [0, 0.05) is 11.1 Å². The molecule has 0 aliphatic carbocycles. The normalized spacial score (nSPS) is 14.6. The van der Waals surface area contributed by atoms with Gasteiger partial charge in [-0.1, -0.05) is 11.6 Å². The van der Waals surface area contributed by atoms with Crippen LogP contribution in [-0.4, -0.2) is 41.2 Å². The molecule has 2 heterocycles. The lowest BCUT2D eigenvalue weighted by molar-refractivity contribution is -0.384. The first-order chi connectivity index (χ1) is 16.4. The minimum absolute atomic E-state index is 0.0755. The third kappa shape index (κ3) is 5.08. The van der Waals surface area contributed by atoms with E-state index in [-0.39, 0.29) is 40.8 Å². The van der Waals surface area contributed by atoms with Crippen LogP contribution in [-0.2, 0) is 4.79 Å². The number of benzene rings is 2. The standard InChI is InChI=1S/C23H17ClN2O7S/c1-31-16-6-8-18(19(12-16)26(29)30)20-9-7-17(33-20)13-21-22(27)25(23(28)34-21)10-11-32-15-4-2-14(24)3-5-15/h2-9,12-13H,10-11H2,1H3/b21-13-. The maximum absolute atomic E-state index is 12.7. The molecule has 2 amide bonds. The average molecular weight is 501 g/mol. The molecule has 0 N–H and O–H groups in total.